The van der Waals surface area contributed by atoms with Gasteiger partial charge in [-0.2, -0.15) is 0 Å². The quantitative estimate of drug-likeness (QED) is 0.831. The van der Waals surface area contributed by atoms with Crippen LogP contribution in [0.2, 0.25) is 0 Å². The first-order chi connectivity index (χ1) is 9.63. The van der Waals surface area contributed by atoms with Crippen LogP contribution in [0.4, 0.5) is 5.69 Å². The molecule has 110 valence electrons. The third kappa shape index (κ3) is 3.51. The minimum Gasteiger partial charge on any atom is -0.490 e. The number of nitrogens with one attached hydrogen (secondary N) is 1. The SMILES string of the molecule is CCCC[C@@H]([NH2+]C)C(=O)Nc1ccc2c(c1)C[C@H](C)O2. The highest BCUT2D eigenvalue weighted by Crippen LogP contribution is 2.30. The van der Waals surface area contributed by atoms with E-state index >= 15 is 0 Å². The number of hydrogen-bond donors (Lipinski definition) is 2. The highest BCUT2D eigenvalue weighted by atomic mass is 16.5. The van der Waals surface area contributed by atoms with Crippen molar-refractivity contribution in [1.82, 2.24) is 0 Å². The van der Waals surface area contributed by atoms with E-state index in [1.807, 2.05) is 30.6 Å². The van der Waals surface area contributed by atoms with E-state index in [0.717, 1.165) is 37.1 Å². The van der Waals surface area contributed by atoms with E-state index in [2.05, 4.69) is 19.2 Å². The van der Waals surface area contributed by atoms with Gasteiger partial charge in [0.2, 0.25) is 0 Å². The number of rotatable bonds is 6. The Labute approximate surface area is 120 Å². The van der Waals surface area contributed by atoms with Crippen LogP contribution in [0.5, 0.6) is 5.75 Å². The number of hydrogen-bond acceptors (Lipinski definition) is 2. The molecule has 2 rings (SSSR count). The number of ether oxygens (including phenoxy) is 1. The summed E-state index contributed by atoms with van der Waals surface area (Å²) >= 11 is 0. The molecule has 0 spiro atoms. The van der Waals surface area contributed by atoms with Gasteiger partial charge in [0.1, 0.15) is 11.9 Å². The molecule has 1 aromatic carbocycles. The Bertz CT molecular complexity index is 474. The van der Waals surface area contributed by atoms with Gasteiger partial charge in [0, 0.05) is 18.5 Å². The summed E-state index contributed by atoms with van der Waals surface area (Å²) in [5, 5.41) is 5.01. The lowest BCUT2D eigenvalue weighted by Crippen LogP contribution is -2.88. The number of carbonyl (C=O) groups excluding carboxylic acids is 1. The summed E-state index contributed by atoms with van der Waals surface area (Å²) in [4.78, 5) is 12.2. The number of carbonyl (C=O) groups is 1. The maximum atomic E-state index is 12.2. The van der Waals surface area contributed by atoms with E-state index in [4.69, 9.17) is 4.74 Å². The van der Waals surface area contributed by atoms with Crippen molar-refractivity contribution in [3.8, 4) is 5.75 Å². The van der Waals surface area contributed by atoms with E-state index in [1.165, 1.54) is 5.56 Å². The average Bonchev–Trinajstić information content (AvgIpc) is 2.79. The molecule has 1 heterocycles. The molecule has 0 radical (unpaired) electrons. The molecule has 1 aliphatic heterocycles. The predicted octanol–water partition coefficient (Wildman–Crippen LogP) is 1.70. The zero-order chi connectivity index (χ0) is 14.5. The summed E-state index contributed by atoms with van der Waals surface area (Å²) in [6.45, 7) is 4.21. The molecule has 0 bridgehead atoms. The van der Waals surface area contributed by atoms with Crippen molar-refractivity contribution in [2.75, 3.05) is 12.4 Å². The second-order valence-electron chi connectivity index (χ2n) is 5.53. The van der Waals surface area contributed by atoms with Crippen LogP contribution in [0.15, 0.2) is 18.2 Å². The van der Waals surface area contributed by atoms with Gasteiger partial charge in [0.15, 0.2) is 6.04 Å². The zero-order valence-corrected chi connectivity index (χ0v) is 12.6. The van der Waals surface area contributed by atoms with Crippen LogP contribution in [0.3, 0.4) is 0 Å². The number of amides is 1. The fraction of sp³-hybridized carbons (Fsp3) is 0.562. The Morgan fingerprint density at radius 2 is 2.35 bits per heavy atom. The fourth-order valence-corrected chi connectivity index (χ4v) is 2.61. The average molecular weight is 277 g/mol. The molecule has 0 fully saturated rings. The molecule has 3 N–H and O–H groups in total. The van der Waals surface area contributed by atoms with Crippen molar-refractivity contribution in [1.29, 1.82) is 0 Å². The van der Waals surface area contributed by atoms with E-state index < -0.39 is 0 Å². The summed E-state index contributed by atoms with van der Waals surface area (Å²) in [6, 6.07) is 5.90. The molecule has 0 aromatic heterocycles. The number of fused-ring (bicyclic) bond motifs is 1. The third-order valence-electron chi connectivity index (χ3n) is 3.77. The molecule has 0 aliphatic carbocycles. The monoisotopic (exact) mass is 277 g/mol. The molecule has 1 amide bonds. The van der Waals surface area contributed by atoms with Crippen molar-refractivity contribution in [3.05, 3.63) is 23.8 Å². The number of benzene rings is 1. The summed E-state index contributed by atoms with van der Waals surface area (Å²) in [7, 11) is 1.96. The molecule has 0 unspecified atom stereocenters. The molecule has 20 heavy (non-hydrogen) atoms. The highest BCUT2D eigenvalue weighted by Gasteiger charge is 2.22. The molecular formula is C16H25N2O2+. The Kier molecular flexibility index (Phi) is 5.01. The van der Waals surface area contributed by atoms with E-state index in [1.54, 1.807) is 0 Å². The lowest BCUT2D eigenvalue weighted by Gasteiger charge is -2.13. The summed E-state index contributed by atoms with van der Waals surface area (Å²) in [5.41, 5.74) is 2.05. The molecule has 4 heteroatoms. The van der Waals surface area contributed by atoms with E-state index in [-0.39, 0.29) is 18.1 Å². The van der Waals surface area contributed by atoms with Crippen LogP contribution >= 0.6 is 0 Å². The maximum absolute atomic E-state index is 12.2. The second kappa shape index (κ2) is 6.75. The molecule has 2 atom stereocenters. The number of nitrogens with two attached hydrogens (primary N) is 1. The van der Waals surface area contributed by atoms with Gasteiger partial charge in [0.05, 0.1) is 7.05 Å². The van der Waals surface area contributed by atoms with Crippen LogP contribution < -0.4 is 15.4 Å². The van der Waals surface area contributed by atoms with Gasteiger partial charge in [-0.25, -0.2) is 0 Å². The highest BCUT2D eigenvalue weighted by molar-refractivity contribution is 5.94. The zero-order valence-electron chi connectivity index (χ0n) is 12.6. The van der Waals surface area contributed by atoms with Crippen molar-refractivity contribution in [3.63, 3.8) is 0 Å². The smallest absolute Gasteiger partial charge is 0.282 e. The number of unbranched alkanes of at least 4 members (excludes halogenated alkanes) is 1. The first kappa shape index (κ1) is 14.9. The Balaban J connectivity index is 1.99. The van der Waals surface area contributed by atoms with Crippen LogP contribution in [0.25, 0.3) is 0 Å². The number of likely N-dealkylation sites (N-methyl/N-ethyl adjacent to an activating group) is 1. The van der Waals surface area contributed by atoms with Crippen molar-refractivity contribution >= 4 is 11.6 Å². The molecular weight excluding hydrogens is 252 g/mol. The second-order valence-corrected chi connectivity index (χ2v) is 5.53. The van der Waals surface area contributed by atoms with E-state index in [0.29, 0.717) is 0 Å². The minimum absolute atomic E-state index is 0.00150. The lowest BCUT2D eigenvalue weighted by molar-refractivity contribution is -0.650. The molecule has 1 aliphatic rings. The molecule has 0 saturated carbocycles. The minimum atomic E-state index is -0.00150. The summed E-state index contributed by atoms with van der Waals surface area (Å²) < 4.78 is 5.67. The third-order valence-corrected chi connectivity index (χ3v) is 3.77. The topological polar surface area (TPSA) is 54.9 Å². The molecule has 0 saturated heterocycles. The van der Waals surface area contributed by atoms with Crippen molar-refractivity contribution in [2.24, 2.45) is 0 Å². The Morgan fingerprint density at radius 3 is 3.05 bits per heavy atom. The molecule has 4 nitrogen and oxygen atoms in total. The standard InChI is InChI=1S/C16H24N2O2/c1-4-5-6-14(17-3)16(19)18-13-7-8-15-12(10-13)9-11(2)20-15/h7-8,10-11,14,17H,4-6,9H2,1-3H3,(H,18,19)/p+1/t11-,14+/m0/s1. The Morgan fingerprint density at radius 1 is 1.55 bits per heavy atom. The van der Waals surface area contributed by atoms with Gasteiger partial charge in [-0.3, -0.25) is 4.79 Å². The fourth-order valence-electron chi connectivity index (χ4n) is 2.61. The first-order valence-corrected chi connectivity index (χ1v) is 7.54. The molecule has 1 aromatic rings. The predicted molar refractivity (Wildman–Crippen MR) is 80.0 cm³/mol. The van der Waals surface area contributed by atoms with Crippen LogP contribution in [0.1, 0.15) is 38.7 Å². The normalized spacial score (nSPS) is 18.2. The van der Waals surface area contributed by atoms with E-state index in [9.17, 15) is 4.79 Å². The summed E-state index contributed by atoms with van der Waals surface area (Å²) in [5.74, 6) is 1.04. The van der Waals surface area contributed by atoms with Crippen LogP contribution in [0, 0.1) is 0 Å². The largest absolute Gasteiger partial charge is 0.490 e. The lowest BCUT2D eigenvalue weighted by atomic mass is 10.1. The van der Waals surface area contributed by atoms with Gasteiger partial charge in [-0.15, -0.1) is 0 Å². The van der Waals surface area contributed by atoms with Gasteiger partial charge < -0.3 is 15.4 Å². The van der Waals surface area contributed by atoms with Gasteiger partial charge in [-0.05, 0) is 37.1 Å². The number of anilines is 1. The van der Waals surface area contributed by atoms with Crippen molar-refractivity contribution in [2.45, 2.75) is 51.7 Å². The van der Waals surface area contributed by atoms with Crippen LogP contribution in [-0.2, 0) is 11.2 Å². The van der Waals surface area contributed by atoms with Gasteiger partial charge in [0.25, 0.3) is 5.91 Å². The number of quaternary nitrogens is 1. The Hall–Kier alpha value is -1.55. The van der Waals surface area contributed by atoms with Gasteiger partial charge in [-0.1, -0.05) is 13.3 Å². The van der Waals surface area contributed by atoms with Gasteiger partial charge >= 0.3 is 0 Å². The first-order valence-electron chi connectivity index (χ1n) is 7.54. The van der Waals surface area contributed by atoms with Crippen molar-refractivity contribution < 1.29 is 14.8 Å². The maximum Gasteiger partial charge on any atom is 0.282 e. The summed E-state index contributed by atoms with van der Waals surface area (Å²) in [6.07, 6.45) is 4.27. The van der Waals surface area contributed by atoms with Crippen LogP contribution in [-0.4, -0.2) is 25.1 Å².